The predicted molar refractivity (Wildman–Crippen MR) is 88.4 cm³/mol. The average Bonchev–Trinajstić information content (AvgIpc) is 3.27. The summed E-state index contributed by atoms with van der Waals surface area (Å²) in [7, 11) is 1.64. The first kappa shape index (κ1) is 16.6. The lowest BCUT2D eigenvalue weighted by Gasteiger charge is -2.23. The van der Waals surface area contributed by atoms with E-state index < -0.39 is 0 Å². The first-order valence-corrected chi connectivity index (χ1v) is 8.22. The number of carbonyl (C=O) groups is 1. The fraction of sp³-hybridized carbons (Fsp3) is 0.529. The van der Waals surface area contributed by atoms with Gasteiger partial charge in [-0.05, 0) is 38.8 Å². The fourth-order valence-electron chi connectivity index (χ4n) is 3.20. The largest absolute Gasteiger partial charge is 0.461 e. The molecule has 0 aromatic carbocycles. The average molecular weight is 332 g/mol. The smallest absolute Gasteiger partial charge is 0.318 e. The summed E-state index contributed by atoms with van der Waals surface area (Å²) in [5, 5.41) is 10.1. The van der Waals surface area contributed by atoms with Crippen LogP contribution in [-0.4, -0.2) is 34.8 Å². The molecule has 2 amide bonds. The Labute approximate surface area is 141 Å². The molecule has 1 atom stereocenters. The summed E-state index contributed by atoms with van der Waals surface area (Å²) < 4.78 is 10.9. The van der Waals surface area contributed by atoms with E-state index in [1.54, 1.807) is 7.11 Å². The van der Waals surface area contributed by atoms with Gasteiger partial charge in [0.2, 0.25) is 0 Å². The normalized spacial score (nSPS) is 17.5. The minimum atomic E-state index is -0.0674. The molecule has 0 saturated carbocycles. The Bertz CT molecular complexity index is 687. The molecule has 3 heterocycles. The van der Waals surface area contributed by atoms with E-state index in [1.807, 2.05) is 30.9 Å². The number of hydrogen-bond donors (Lipinski definition) is 2. The van der Waals surface area contributed by atoms with Gasteiger partial charge in [-0.2, -0.15) is 5.10 Å². The molecule has 2 aromatic heterocycles. The third-order valence-corrected chi connectivity index (χ3v) is 4.51. The molecule has 0 bridgehead atoms. The number of rotatable bonds is 5. The van der Waals surface area contributed by atoms with Gasteiger partial charge in [-0.15, -0.1) is 0 Å². The van der Waals surface area contributed by atoms with E-state index in [9.17, 15) is 4.79 Å². The van der Waals surface area contributed by atoms with Crippen molar-refractivity contribution in [3.05, 3.63) is 40.6 Å². The fourth-order valence-corrected chi connectivity index (χ4v) is 3.20. The van der Waals surface area contributed by atoms with Gasteiger partial charge in [-0.1, -0.05) is 0 Å². The summed E-state index contributed by atoms with van der Waals surface area (Å²) in [4.78, 5) is 14.4. The summed E-state index contributed by atoms with van der Waals surface area (Å²) in [6.07, 6.45) is 1.89. The minimum Gasteiger partial charge on any atom is -0.461 e. The van der Waals surface area contributed by atoms with Gasteiger partial charge in [0.05, 0.1) is 11.7 Å². The van der Waals surface area contributed by atoms with Crippen LogP contribution in [0.1, 0.15) is 47.4 Å². The van der Waals surface area contributed by atoms with Gasteiger partial charge in [-0.25, -0.2) is 4.79 Å². The SMILES string of the molecule is COCc1ccc([C@H]2CCCN2C(=O)NCc2c(C)n[nH]c2C)o1. The first-order valence-electron chi connectivity index (χ1n) is 8.22. The van der Waals surface area contributed by atoms with Crippen molar-refractivity contribution in [2.45, 2.75) is 45.9 Å². The highest BCUT2D eigenvalue weighted by Gasteiger charge is 2.32. The van der Waals surface area contributed by atoms with Crippen LogP contribution < -0.4 is 5.32 Å². The van der Waals surface area contributed by atoms with Gasteiger partial charge in [0.1, 0.15) is 18.1 Å². The quantitative estimate of drug-likeness (QED) is 0.882. The number of methoxy groups -OCH3 is 1. The number of amides is 2. The lowest BCUT2D eigenvalue weighted by Crippen LogP contribution is -2.39. The number of ether oxygens (including phenoxy) is 1. The van der Waals surface area contributed by atoms with Gasteiger partial charge >= 0.3 is 6.03 Å². The van der Waals surface area contributed by atoms with Gasteiger partial charge in [-0.3, -0.25) is 5.10 Å². The molecule has 1 fully saturated rings. The number of nitrogens with zero attached hydrogens (tertiary/aromatic N) is 2. The second-order valence-electron chi connectivity index (χ2n) is 6.16. The van der Waals surface area contributed by atoms with Crippen LogP contribution in [0.2, 0.25) is 0 Å². The number of carbonyl (C=O) groups excluding carboxylic acids is 1. The molecule has 2 N–H and O–H groups in total. The summed E-state index contributed by atoms with van der Waals surface area (Å²) >= 11 is 0. The monoisotopic (exact) mass is 332 g/mol. The van der Waals surface area contributed by atoms with Crippen LogP contribution in [-0.2, 0) is 17.9 Å². The predicted octanol–water partition coefficient (Wildman–Crippen LogP) is 2.81. The van der Waals surface area contributed by atoms with E-state index >= 15 is 0 Å². The van der Waals surface area contributed by atoms with Gasteiger partial charge in [0, 0.05) is 31.5 Å². The standard InChI is InChI=1S/C17H24N4O3/c1-11-14(12(2)20-19-11)9-18-17(22)21-8-4-5-15(21)16-7-6-13(24-16)10-23-3/h6-7,15H,4-5,8-10H2,1-3H3,(H,18,22)(H,19,20)/t15-/m1/s1. The molecule has 130 valence electrons. The number of likely N-dealkylation sites (tertiary alicyclic amines) is 1. The third-order valence-electron chi connectivity index (χ3n) is 4.51. The van der Waals surface area contributed by atoms with Gasteiger partial charge < -0.3 is 19.4 Å². The number of urea groups is 1. The van der Waals surface area contributed by atoms with Crippen LogP contribution in [0.5, 0.6) is 0 Å². The van der Waals surface area contributed by atoms with Crippen LogP contribution in [0.3, 0.4) is 0 Å². The second-order valence-corrected chi connectivity index (χ2v) is 6.16. The summed E-state index contributed by atoms with van der Waals surface area (Å²) in [6, 6.07) is 3.77. The minimum absolute atomic E-state index is 0.0119. The van der Waals surface area contributed by atoms with Gasteiger partial charge in [0.15, 0.2) is 0 Å². The van der Waals surface area contributed by atoms with E-state index in [-0.39, 0.29) is 12.1 Å². The Morgan fingerprint density at radius 2 is 2.33 bits per heavy atom. The van der Waals surface area contributed by atoms with Gasteiger partial charge in [0.25, 0.3) is 0 Å². The highest BCUT2D eigenvalue weighted by molar-refractivity contribution is 5.75. The van der Waals surface area contributed by atoms with Crippen LogP contribution >= 0.6 is 0 Å². The Kier molecular flexibility index (Phi) is 4.89. The van der Waals surface area contributed by atoms with E-state index in [1.165, 1.54) is 0 Å². The van der Waals surface area contributed by atoms with Crippen LogP contribution in [0.25, 0.3) is 0 Å². The highest BCUT2D eigenvalue weighted by atomic mass is 16.5. The maximum Gasteiger partial charge on any atom is 0.318 e. The number of aromatic nitrogens is 2. The molecule has 24 heavy (non-hydrogen) atoms. The Balaban J connectivity index is 1.65. The zero-order valence-corrected chi connectivity index (χ0v) is 14.4. The zero-order valence-electron chi connectivity index (χ0n) is 14.4. The molecule has 0 aliphatic carbocycles. The lowest BCUT2D eigenvalue weighted by molar-refractivity contribution is 0.156. The number of nitrogens with one attached hydrogen (secondary N) is 2. The molecule has 0 unspecified atom stereocenters. The maximum absolute atomic E-state index is 12.6. The lowest BCUT2D eigenvalue weighted by atomic mass is 10.1. The number of furan rings is 1. The van der Waals surface area contributed by atoms with Crippen molar-refractivity contribution in [3.8, 4) is 0 Å². The summed E-state index contributed by atoms with van der Waals surface area (Å²) in [6.45, 7) is 5.55. The van der Waals surface area contributed by atoms with E-state index in [4.69, 9.17) is 9.15 Å². The molecule has 7 nitrogen and oxygen atoms in total. The molecular formula is C17H24N4O3. The van der Waals surface area contributed by atoms with Crippen molar-refractivity contribution in [2.75, 3.05) is 13.7 Å². The van der Waals surface area contributed by atoms with Crippen molar-refractivity contribution < 1.29 is 13.9 Å². The van der Waals surface area contributed by atoms with E-state index in [0.29, 0.717) is 13.2 Å². The number of aromatic amines is 1. The first-order chi connectivity index (χ1) is 11.6. The molecule has 2 aromatic rings. The van der Waals surface area contributed by atoms with Crippen molar-refractivity contribution >= 4 is 6.03 Å². The van der Waals surface area contributed by atoms with Crippen LogP contribution in [0.4, 0.5) is 4.79 Å². The molecule has 7 heteroatoms. The molecule has 1 saturated heterocycles. The van der Waals surface area contributed by atoms with Crippen molar-refractivity contribution in [3.63, 3.8) is 0 Å². The molecular weight excluding hydrogens is 308 g/mol. The third kappa shape index (κ3) is 3.31. The second kappa shape index (κ2) is 7.09. The number of H-pyrrole nitrogens is 1. The molecule has 3 rings (SSSR count). The highest BCUT2D eigenvalue weighted by Crippen LogP contribution is 2.33. The van der Waals surface area contributed by atoms with Crippen molar-refractivity contribution in [2.24, 2.45) is 0 Å². The molecule has 0 spiro atoms. The number of aryl methyl sites for hydroxylation is 2. The Hall–Kier alpha value is -2.28. The van der Waals surface area contributed by atoms with Crippen molar-refractivity contribution in [1.82, 2.24) is 20.4 Å². The van der Waals surface area contributed by atoms with Crippen LogP contribution in [0, 0.1) is 13.8 Å². The zero-order chi connectivity index (χ0) is 17.1. The van der Waals surface area contributed by atoms with E-state index in [2.05, 4.69) is 15.5 Å². The van der Waals surface area contributed by atoms with E-state index in [0.717, 1.165) is 47.9 Å². The molecule has 1 aliphatic rings. The maximum atomic E-state index is 12.6. The molecule has 0 radical (unpaired) electrons. The topological polar surface area (TPSA) is 83.4 Å². The number of hydrogen-bond acceptors (Lipinski definition) is 4. The van der Waals surface area contributed by atoms with Crippen LogP contribution in [0.15, 0.2) is 16.5 Å². The Morgan fingerprint density at radius 3 is 3.04 bits per heavy atom. The van der Waals surface area contributed by atoms with Crippen molar-refractivity contribution in [1.29, 1.82) is 0 Å². The Morgan fingerprint density at radius 1 is 1.50 bits per heavy atom. The summed E-state index contributed by atoms with van der Waals surface area (Å²) in [5.41, 5.74) is 2.95. The molecule has 1 aliphatic heterocycles. The summed E-state index contributed by atoms with van der Waals surface area (Å²) in [5.74, 6) is 1.61.